The lowest BCUT2D eigenvalue weighted by molar-refractivity contribution is 0.321. The summed E-state index contributed by atoms with van der Waals surface area (Å²) in [5.74, 6) is 0.0250. The summed E-state index contributed by atoms with van der Waals surface area (Å²) in [6, 6.07) is 5.00. The highest BCUT2D eigenvalue weighted by Gasteiger charge is 2.02. The molecule has 0 radical (unpaired) electrons. The Morgan fingerprint density at radius 2 is 2.23 bits per heavy atom. The molecule has 1 N–H and O–H groups in total. The number of benzene rings is 1. The van der Waals surface area contributed by atoms with E-state index in [1.807, 2.05) is 20.0 Å². The standard InChI is InChI=1S/C10H14FNO/c1-3-13-10-5-4-8(7-12-2)6-9(10)11/h4-6,12H,3,7H2,1-2H3. The van der Waals surface area contributed by atoms with Crippen LogP contribution in [-0.4, -0.2) is 13.7 Å². The summed E-state index contributed by atoms with van der Waals surface area (Å²) in [6.45, 7) is 2.99. The van der Waals surface area contributed by atoms with Crippen molar-refractivity contribution < 1.29 is 9.13 Å². The molecular weight excluding hydrogens is 169 g/mol. The lowest BCUT2D eigenvalue weighted by Crippen LogP contribution is -2.05. The molecule has 0 amide bonds. The number of ether oxygens (including phenoxy) is 1. The van der Waals surface area contributed by atoms with Gasteiger partial charge in [0.25, 0.3) is 0 Å². The maximum atomic E-state index is 13.2. The number of hydrogen-bond acceptors (Lipinski definition) is 2. The molecule has 0 aliphatic rings. The third kappa shape index (κ3) is 2.70. The average molecular weight is 183 g/mol. The van der Waals surface area contributed by atoms with Crippen LogP contribution in [0.15, 0.2) is 18.2 Å². The third-order valence-electron chi connectivity index (χ3n) is 1.68. The Balaban J connectivity index is 2.79. The van der Waals surface area contributed by atoms with Crippen LogP contribution in [0.3, 0.4) is 0 Å². The fourth-order valence-electron chi connectivity index (χ4n) is 1.13. The van der Waals surface area contributed by atoms with Crippen molar-refractivity contribution in [3.63, 3.8) is 0 Å². The minimum Gasteiger partial charge on any atom is -0.491 e. The summed E-state index contributed by atoms with van der Waals surface area (Å²) in [6.07, 6.45) is 0. The number of hydrogen-bond donors (Lipinski definition) is 1. The van der Waals surface area contributed by atoms with Gasteiger partial charge in [-0.05, 0) is 31.7 Å². The second-order valence-electron chi connectivity index (χ2n) is 2.73. The summed E-state index contributed by atoms with van der Waals surface area (Å²) in [5, 5.41) is 2.96. The lowest BCUT2D eigenvalue weighted by Gasteiger charge is -2.06. The SMILES string of the molecule is CCOc1ccc(CNC)cc1F. The minimum atomic E-state index is -0.297. The molecule has 0 bridgehead atoms. The van der Waals surface area contributed by atoms with E-state index in [-0.39, 0.29) is 5.82 Å². The second-order valence-corrected chi connectivity index (χ2v) is 2.73. The molecule has 0 aromatic heterocycles. The van der Waals surface area contributed by atoms with Crippen LogP contribution in [0.2, 0.25) is 0 Å². The van der Waals surface area contributed by atoms with Gasteiger partial charge in [-0.3, -0.25) is 0 Å². The van der Waals surface area contributed by atoms with E-state index in [1.54, 1.807) is 6.07 Å². The quantitative estimate of drug-likeness (QED) is 0.770. The first kappa shape index (κ1) is 9.99. The van der Waals surface area contributed by atoms with Crippen molar-refractivity contribution in [2.75, 3.05) is 13.7 Å². The molecule has 0 spiro atoms. The molecule has 1 aromatic rings. The largest absolute Gasteiger partial charge is 0.491 e. The first-order chi connectivity index (χ1) is 6.27. The van der Waals surface area contributed by atoms with Crippen LogP contribution in [0.1, 0.15) is 12.5 Å². The van der Waals surface area contributed by atoms with Crippen LogP contribution in [0.5, 0.6) is 5.75 Å². The Bertz CT molecular complexity index is 276. The fourth-order valence-corrected chi connectivity index (χ4v) is 1.13. The van der Waals surface area contributed by atoms with Gasteiger partial charge in [0, 0.05) is 6.54 Å². The van der Waals surface area contributed by atoms with E-state index in [0.717, 1.165) is 5.56 Å². The zero-order chi connectivity index (χ0) is 9.68. The van der Waals surface area contributed by atoms with E-state index in [1.165, 1.54) is 6.07 Å². The van der Waals surface area contributed by atoms with E-state index in [9.17, 15) is 4.39 Å². The van der Waals surface area contributed by atoms with Crippen LogP contribution < -0.4 is 10.1 Å². The Morgan fingerprint density at radius 1 is 1.46 bits per heavy atom. The highest BCUT2D eigenvalue weighted by Crippen LogP contribution is 2.17. The average Bonchev–Trinajstić information content (AvgIpc) is 2.10. The van der Waals surface area contributed by atoms with Gasteiger partial charge in [-0.15, -0.1) is 0 Å². The highest BCUT2D eigenvalue weighted by atomic mass is 19.1. The van der Waals surface area contributed by atoms with Gasteiger partial charge in [-0.1, -0.05) is 6.07 Å². The van der Waals surface area contributed by atoms with Gasteiger partial charge in [0.2, 0.25) is 0 Å². The Labute approximate surface area is 77.7 Å². The van der Waals surface area contributed by atoms with Gasteiger partial charge in [0.1, 0.15) is 0 Å². The molecule has 0 atom stereocenters. The van der Waals surface area contributed by atoms with Crippen molar-refractivity contribution in [3.8, 4) is 5.75 Å². The molecule has 0 saturated carbocycles. The fraction of sp³-hybridized carbons (Fsp3) is 0.400. The Morgan fingerprint density at radius 3 is 2.77 bits per heavy atom. The van der Waals surface area contributed by atoms with Crippen LogP contribution in [0, 0.1) is 5.82 Å². The van der Waals surface area contributed by atoms with Gasteiger partial charge in [-0.25, -0.2) is 4.39 Å². The van der Waals surface area contributed by atoms with E-state index >= 15 is 0 Å². The minimum absolute atomic E-state index is 0.297. The van der Waals surface area contributed by atoms with Crippen molar-refractivity contribution in [2.24, 2.45) is 0 Å². The Hall–Kier alpha value is -1.09. The predicted molar refractivity (Wildman–Crippen MR) is 50.3 cm³/mol. The summed E-state index contributed by atoms with van der Waals surface area (Å²) in [5.41, 5.74) is 0.920. The monoisotopic (exact) mass is 183 g/mol. The first-order valence-corrected chi connectivity index (χ1v) is 4.33. The van der Waals surface area contributed by atoms with Crippen LogP contribution in [0.4, 0.5) is 4.39 Å². The predicted octanol–water partition coefficient (Wildman–Crippen LogP) is 1.94. The smallest absolute Gasteiger partial charge is 0.165 e. The Kier molecular flexibility index (Phi) is 3.71. The lowest BCUT2D eigenvalue weighted by atomic mass is 10.2. The number of nitrogens with one attached hydrogen (secondary N) is 1. The second kappa shape index (κ2) is 4.82. The first-order valence-electron chi connectivity index (χ1n) is 4.33. The molecule has 1 aromatic carbocycles. The normalized spacial score (nSPS) is 10.1. The topological polar surface area (TPSA) is 21.3 Å². The molecule has 1 rings (SSSR count). The summed E-state index contributed by atoms with van der Waals surface area (Å²) in [4.78, 5) is 0. The molecule has 3 heteroatoms. The molecule has 0 aliphatic carbocycles. The zero-order valence-corrected chi connectivity index (χ0v) is 7.93. The van der Waals surface area contributed by atoms with Crippen molar-refractivity contribution in [1.82, 2.24) is 5.32 Å². The van der Waals surface area contributed by atoms with Crippen molar-refractivity contribution in [1.29, 1.82) is 0 Å². The molecule has 72 valence electrons. The molecule has 0 unspecified atom stereocenters. The maximum absolute atomic E-state index is 13.2. The van der Waals surface area contributed by atoms with Crippen LogP contribution in [-0.2, 0) is 6.54 Å². The van der Waals surface area contributed by atoms with E-state index in [0.29, 0.717) is 18.9 Å². The van der Waals surface area contributed by atoms with E-state index in [2.05, 4.69) is 5.32 Å². The van der Waals surface area contributed by atoms with Crippen molar-refractivity contribution in [2.45, 2.75) is 13.5 Å². The molecule has 0 fully saturated rings. The van der Waals surface area contributed by atoms with E-state index in [4.69, 9.17) is 4.74 Å². The van der Waals surface area contributed by atoms with Crippen LogP contribution >= 0.6 is 0 Å². The molecule has 0 saturated heterocycles. The molecule has 0 heterocycles. The molecular formula is C10H14FNO. The molecule has 2 nitrogen and oxygen atoms in total. The van der Waals surface area contributed by atoms with Gasteiger partial charge in [0.15, 0.2) is 11.6 Å². The maximum Gasteiger partial charge on any atom is 0.165 e. The van der Waals surface area contributed by atoms with Crippen molar-refractivity contribution in [3.05, 3.63) is 29.6 Å². The summed E-state index contributed by atoms with van der Waals surface area (Å²) < 4.78 is 18.3. The van der Waals surface area contributed by atoms with Crippen LogP contribution in [0.25, 0.3) is 0 Å². The highest BCUT2D eigenvalue weighted by molar-refractivity contribution is 5.29. The zero-order valence-electron chi connectivity index (χ0n) is 7.93. The van der Waals surface area contributed by atoms with Crippen molar-refractivity contribution >= 4 is 0 Å². The van der Waals surface area contributed by atoms with E-state index < -0.39 is 0 Å². The van der Waals surface area contributed by atoms with Gasteiger partial charge in [0.05, 0.1) is 6.61 Å². The number of rotatable bonds is 4. The summed E-state index contributed by atoms with van der Waals surface area (Å²) in [7, 11) is 1.83. The third-order valence-corrected chi connectivity index (χ3v) is 1.68. The van der Waals surface area contributed by atoms with Gasteiger partial charge in [-0.2, -0.15) is 0 Å². The number of halogens is 1. The van der Waals surface area contributed by atoms with Gasteiger partial charge < -0.3 is 10.1 Å². The molecule has 13 heavy (non-hydrogen) atoms. The molecule has 0 aliphatic heterocycles. The summed E-state index contributed by atoms with van der Waals surface area (Å²) >= 11 is 0. The van der Waals surface area contributed by atoms with Gasteiger partial charge >= 0.3 is 0 Å².